The molecule has 0 bridgehead atoms. The molecule has 1 saturated heterocycles. The summed E-state index contributed by atoms with van der Waals surface area (Å²) in [5.74, 6) is -2.40. The monoisotopic (exact) mass is 459 g/mol. The lowest BCUT2D eigenvalue weighted by Gasteiger charge is -2.45. The Balaban J connectivity index is 2.06. The summed E-state index contributed by atoms with van der Waals surface area (Å²) in [7, 11) is 1.51. The number of nitrogens with zero attached hydrogens (tertiary/aromatic N) is 4. The molecule has 2 atom stereocenters. The van der Waals surface area contributed by atoms with Gasteiger partial charge in [-0.3, -0.25) is 19.4 Å². The summed E-state index contributed by atoms with van der Waals surface area (Å²) in [6.07, 6.45) is 1.49. The van der Waals surface area contributed by atoms with Crippen molar-refractivity contribution in [3.05, 3.63) is 59.3 Å². The van der Waals surface area contributed by atoms with Gasteiger partial charge < -0.3 is 15.1 Å². The number of amides is 3. The summed E-state index contributed by atoms with van der Waals surface area (Å²) in [6, 6.07) is 5.68. The van der Waals surface area contributed by atoms with Gasteiger partial charge in [0.05, 0.1) is 11.7 Å². The predicted octanol–water partition coefficient (Wildman–Crippen LogP) is 2.76. The van der Waals surface area contributed by atoms with Crippen molar-refractivity contribution >= 4 is 29.3 Å². The Hall–Kier alpha value is -3.33. The fourth-order valence-electron chi connectivity index (χ4n) is 3.92. The predicted molar refractivity (Wildman–Crippen MR) is 117 cm³/mol. The van der Waals surface area contributed by atoms with Crippen LogP contribution in [0.25, 0.3) is 11.3 Å². The molecule has 0 radical (unpaired) electrons. The van der Waals surface area contributed by atoms with Gasteiger partial charge in [-0.1, -0.05) is 18.2 Å². The van der Waals surface area contributed by atoms with Crippen molar-refractivity contribution in [1.29, 1.82) is 0 Å². The molecule has 2 aromatic heterocycles. The van der Waals surface area contributed by atoms with Gasteiger partial charge in [0.15, 0.2) is 5.83 Å². The smallest absolute Gasteiger partial charge is 0.282 e. The SMILES string of the molecule is C=C(F)C(=O)N1C[C@H](c2cc(Cl)nc(-c3ccnc(C(=O)NC)c3)c2)N(C(C)=O)[C@@H](C)C1. The zero-order valence-corrected chi connectivity index (χ0v) is 18.7. The van der Waals surface area contributed by atoms with E-state index in [1.807, 2.05) is 0 Å². The van der Waals surface area contributed by atoms with E-state index in [-0.39, 0.29) is 41.8 Å². The molecule has 8 nitrogen and oxygen atoms in total. The first-order valence-corrected chi connectivity index (χ1v) is 10.3. The molecule has 2 aromatic rings. The first-order valence-electron chi connectivity index (χ1n) is 9.91. The van der Waals surface area contributed by atoms with Gasteiger partial charge in [-0.05, 0) is 36.8 Å². The zero-order valence-electron chi connectivity index (χ0n) is 17.9. The van der Waals surface area contributed by atoms with Crippen LogP contribution in [0.2, 0.25) is 5.15 Å². The third kappa shape index (κ3) is 4.77. The topological polar surface area (TPSA) is 95.5 Å². The molecule has 10 heteroatoms. The molecule has 0 unspecified atom stereocenters. The van der Waals surface area contributed by atoms with Gasteiger partial charge in [0.2, 0.25) is 5.91 Å². The number of halogens is 2. The standard InChI is InChI=1S/C22H23ClFN5O3/c1-12-10-28(22(32)13(2)24)11-19(29(12)14(3)30)16-8-17(27-20(23)9-16)15-5-6-26-18(7-15)21(31)25-4/h5-9,12,19H,2,10-11H2,1,3-4H3,(H,25,31)/t12-,19+/m0/s1. The van der Waals surface area contributed by atoms with E-state index < -0.39 is 17.8 Å². The molecular weight excluding hydrogens is 437 g/mol. The molecule has 0 aromatic carbocycles. The average Bonchev–Trinajstić information content (AvgIpc) is 2.76. The number of pyridine rings is 2. The molecule has 0 spiro atoms. The maximum absolute atomic E-state index is 13.5. The third-order valence-electron chi connectivity index (χ3n) is 5.29. The van der Waals surface area contributed by atoms with Crippen LogP contribution in [-0.2, 0) is 9.59 Å². The van der Waals surface area contributed by atoms with Gasteiger partial charge in [-0.15, -0.1) is 0 Å². The number of hydrogen-bond acceptors (Lipinski definition) is 5. The largest absolute Gasteiger partial charge is 0.354 e. The lowest BCUT2D eigenvalue weighted by atomic mass is 9.97. The normalized spacial score (nSPS) is 18.3. The second-order valence-corrected chi connectivity index (χ2v) is 7.91. The molecular formula is C22H23ClFN5O3. The maximum Gasteiger partial charge on any atom is 0.282 e. The summed E-state index contributed by atoms with van der Waals surface area (Å²) in [4.78, 5) is 48.0. The molecule has 0 aliphatic carbocycles. The Morgan fingerprint density at radius 1 is 1.25 bits per heavy atom. The highest BCUT2D eigenvalue weighted by Crippen LogP contribution is 2.33. The molecule has 1 N–H and O–H groups in total. The quantitative estimate of drug-likeness (QED) is 0.560. The average molecular weight is 460 g/mol. The highest BCUT2D eigenvalue weighted by Gasteiger charge is 2.37. The lowest BCUT2D eigenvalue weighted by molar-refractivity contribution is -0.144. The van der Waals surface area contributed by atoms with E-state index in [0.29, 0.717) is 16.8 Å². The van der Waals surface area contributed by atoms with Gasteiger partial charge in [0, 0.05) is 44.9 Å². The van der Waals surface area contributed by atoms with E-state index in [0.717, 1.165) is 0 Å². The summed E-state index contributed by atoms with van der Waals surface area (Å²) >= 11 is 6.30. The van der Waals surface area contributed by atoms with Crippen molar-refractivity contribution in [3.63, 3.8) is 0 Å². The molecule has 168 valence electrons. The van der Waals surface area contributed by atoms with Crippen LogP contribution in [-0.4, -0.2) is 63.7 Å². The molecule has 1 aliphatic heterocycles. The van der Waals surface area contributed by atoms with Gasteiger partial charge in [0.1, 0.15) is 10.8 Å². The molecule has 0 saturated carbocycles. The van der Waals surface area contributed by atoms with Crippen LogP contribution < -0.4 is 5.32 Å². The minimum atomic E-state index is -1.06. The number of rotatable bonds is 4. The molecule has 32 heavy (non-hydrogen) atoms. The Kier molecular flexibility index (Phi) is 6.88. The van der Waals surface area contributed by atoms with Gasteiger partial charge in [0.25, 0.3) is 11.8 Å². The van der Waals surface area contributed by atoms with Gasteiger partial charge in [-0.2, -0.15) is 0 Å². The highest BCUT2D eigenvalue weighted by molar-refractivity contribution is 6.29. The minimum absolute atomic E-state index is 0.0747. The number of carbonyl (C=O) groups is 3. The Morgan fingerprint density at radius 3 is 2.59 bits per heavy atom. The molecule has 1 aliphatic rings. The molecule has 3 rings (SSSR count). The van der Waals surface area contributed by atoms with E-state index >= 15 is 0 Å². The van der Waals surface area contributed by atoms with Crippen molar-refractivity contribution < 1.29 is 18.8 Å². The van der Waals surface area contributed by atoms with Crippen LogP contribution in [0.4, 0.5) is 4.39 Å². The second kappa shape index (κ2) is 9.44. The first-order chi connectivity index (χ1) is 15.1. The number of hydrogen-bond donors (Lipinski definition) is 1. The Labute approximate surface area is 190 Å². The van der Waals surface area contributed by atoms with Crippen LogP contribution in [0.1, 0.15) is 35.9 Å². The highest BCUT2D eigenvalue weighted by atomic mass is 35.5. The summed E-state index contributed by atoms with van der Waals surface area (Å²) in [6.45, 7) is 6.59. The first kappa shape index (κ1) is 23.3. The fourth-order valence-corrected chi connectivity index (χ4v) is 4.13. The van der Waals surface area contributed by atoms with Crippen molar-refractivity contribution in [3.8, 4) is 11.3 Å². The third-order valence-corrected chi connectivity index (χ3v) is 5.48. The zero-order chi connectivity index (χ0) is 23.6. The van der Waals surface area contributed by atoms with Crippen LogP contribution in [0.15, 0.2) is 42.9 Å². The van der Waals surface area contributed by atoms with E-state index in [9.17, 15) is 18.8 Å². The van der Waals surface area contributed by atoms with Crippen molar-refractivity contribution in [2.45, 2.75) is 25.9 Å². The number of nitrogens with one attached hydrogen (secondary N) is 1. The van der Waals surface area contributed by atoms with Gasteiger partial charge in [-0.25, -0.2) is 9.37 Å². The summed E-state index contributed by atoms with van der Waals surface area (Å²) < 4.78 is 13.5. The van der Waals surface area contributed by atoms with Crippen LogP contribution in [0, 0.1) is 0 Å². The van der Waals surface area contributed by atoms with Crippen molar-refractivity contribution in [1.82, 2.24) is 25.1 Å². The number of piperazine rings is 1. The minimum Gasteiger partial charge on any atom is -0.354 e. The molecule has 3 heterocycles. The Morgan fingerprint density at radius 2 is 1.97 bits per heavy atom. The van der Waals surface area contributed by atoms with Crippen molar-refractivity contribution in [2.75, 3.05) is 20.1 Å². The molecule has 3 amide bonds. The van der Waals surface area contributed by atoms with Gasteiger partial charge >= 0.3 is 0 Å². The van der Waals surface area contributed by atoms with E-state index in [1.165, 1.54) is 25.1 Å². The summed E-state index contributed by atoms with van der Waals surface area (Å²) in [5.41, 5.74) is 1.91. The fraction of sp³-hybridized carbons (Fsp3) is 0.318. The van der Waals surface area contributed by atoms with E-state index in [1.54, 1.807) is 36.1 Å². The Bertz CT molecular complexity index is 1090. The van der Waals surface area contributed by atoms with Crippen LogP contribution in [0.5, 0.6) is 0 Å². The maximum atomic E-state index is 13.5. The number of carbonyl (C=O) groups excluding carboxylic acids is 3. The van der Waals surface area contributed by atoms with E-state index in [4.69, 9.17) is 11.6 Å². The lowest BCUT2D eigenvalue weighted by Crippen LogP contribution is -2.56. The second-order valence-electron chi connectivity index (χ2n) is 7.52. The molecule has 1 fully saturated rings. The van der Waals surface area contributed by atoms with Crippen LogP contribution in [0.3, 0.4) is 0 Å². The van der Waals surface area contributed by atoms with Crippen LogP contribution >= 0.6 is 11.6 Å². The number of aromatic nitrogens is 2. The van der Waals surface area contributed by atoms with E-state index in [2.05, 4.69) is 21.9 Å². The summed E-state index contributed by atoms with van der Waals surface area (Å²) in [5, 5.41) is 2.69. The van der Waals surface area contributed by atoms with Crippen molar-refractivity contribution in [2.24, 2.45) is 0 Å².